The molecular formula is C13H16N2O3. The van der Waals surface area contributed by atoms with Crippen LogP contribution in [0.15, 0.2) is 18.2 Å². The lowest BCUT2D eigenvalue weighted by molar-refractivity contribution is -0.384. The predicted molar refractivity (Wildman–Crippen MR) is 68.9 cm³/mol. The molecule has 0 saturated heterocycles. The molecule has 0 amide bonds. The van der Waals surface area contributed by atoms with Crippen molar-refractivity contribution in [2.24, 2.45) is 5.92 Å². The van der Waals surface area contributed by atoms with E-state index in [0.717, 1.165) is 19.3 Å². The number of benzene rings is 1. The second-order valence-corrected chi connectivity index (χ2v) is 4.81. The Labute approximate surface area is 105 Å². The van der Waals surface area contributed by atoms with E-state index in [1.807, 2.05) is 0 Å². The first-order valence-electron chi connectivity index (χ1n) is 6.12. The zero-order valence-electron chi connectivity index (χ0n) is 10.3. The average molecular weight is 248 g/mol. The van der Waals surface area contributed by atoms with Crippen LogP contribution in [-0.2, 0) is 0 Å². The molecule has 0 heterocycles. The fourth-order valence-corrected chi connectivity index (χ4v) is 2.45. The number of anilines is 1. The third-order valence-electron chi connectivity index (χ3n) is 3.56. The molecular weight excluding hydrogens is 232 g/mol. The van der Waals surface area contributed by atoms with E-state index in [1.54, 1.807) is 12.1 Å². The minimum Gasteiger partial charge on any atom is -0.376 e. The summed E-state index contributed by atoms with van der Waals surface area (Å²) >= 11 is 0. The van der Waals surface area contributed by atoms with Crippen molar-refractivity contribution in [3.8, 4) is 0 Å². The minimum absolute atomic E-state index is 0.0290. The quantitative estimate of drug-likeness (QED) is 0.505. The van der Waals surface area contributed by atoms with Crippen LogP contribution in [0.2, 0.25) is 0 Å². The van der Waals surface area contributed by atoms with Crippen LogP contribution in [0.5, 0.6) is 0 Å². The van der Waals surface area contributed by atoms with Crippen LogP contribution in [0.1, 0.15) is 36.5 Å². The number of carbonyl (C=O) groups excluding carboxylic acids is 1. The van der Waals surface area contributed by atoms with Gasteiger partial charge in [0.2, 0.25) is 0 Å². The largest absolute Gasteiger partial charge is 0.376 e. The van der Waals surface area contributed by atoms with Gasteiger partial charge in [0, 0.05) is 17.7 Å². The van der Waals surface area contributed by atoms with Crippen molar-refractivity contribution in [3.05, 3.63) is 33.9 Å². The van der Waals surface area contributed by atoms with Crippen LogP contribution in [-0.4, -0.2) is 17.3 Å². The molecule has 0 spiro atoms. The second-order valence-electron chi connectivity index (χ2n) is 4.81. The van der Waals surface area contributed by atoms with Gasteiger partial charge in [0.25, 0.3) is 5.69 Å². The van der Waals surface area contributed by atoms with Gasteiger partial charge in [-0.05, 0) is 30.9 Å². The third kappa shape index (κ3) is 2.50. The van der Waals surface area contributed by atoms with Gasteiger partial charge in [-0.3, -0.25) is 14.9 Å². The van der Waals surface area contributed by atoms with Gasteiger partial charge in [0.1, 0.15) is 12.0 Å². The van der Waals surface area contributed by atoms with Crippen molar-refractivity contribution in [2.75, 3.05) is 5.32 Å². The van der Waals surface area contributed by atoms with E-state index in [-0.39, 0.29) is 11.7 Å². The van der Waals surface area contributed by atoms with Crippen molar-refractivity contribution < 1.29 is 9.72 Å². The van der Waals surface area contributed by atoms with Crippen LogP contribution in [0.25, 0.3) is 0 Å². The highest BCUT2D eigenvalue weighted by Gasteiger charge is 2.25. The number of nitrogens with zero attached hydrogens (tertiary/aromatic N) is 1. The first kappa shape index (κ1) is 12.5. The summed E-state index contributed by atoms with van der Waals surface area (Å²) in [5.41, 5.74) is 0.801. The van der Waals surface area contributed by atoms with Gasteiger partial charge in [-0.15, -0.1) is 0 Å². The van der Waals surface area contributed by atoms with Crippen LogP contribution >= 0.6 is 0 Å². The van der Waals surface area contributed by atoms with Crippen LogP contribution < -0.4 is 5.32 Å². The van der Waals surface area contributed by atoms with Crippen LogP contribution in [0.3, 0.4) is 0 Å². The van der Waals surface area contributed by atoms with Crippen LogP contribution in [0.4, 0.5) is 11.4 Å². The Bertz CT molecular complexity index is 473. The summed E-state index contributed by atoms with van der Waals surface area (Å²) in [7, 11) is 0. The molecule has 18 heavy (non-hydrogen) atoms. The van der Waals surface area contributed by atoms with Gasteiger partial charge in [-0.2, -0.15) is 0 Å². The average Bonchev–Trinajstić information content (AvgIpc) is 2.75. The highest BCUT2D eigenvalue weighted by molar-refractivity contribution is 5.79. The molecule has 1 aliphatic rings. The Morgan fingerprint density at radius 2 is 2.22 bits per heavy atom. The van der Waals surface area contributed by atoms with Gasteiger partial charge in [-0.25, -0.2) is 0 Å². The molecule has 1 fully saturated rings. The monoisotopic (exact) mass is 248 g/mol. The summed E-state index contributed by atoms with van der Waals surface area (Å²) in [5.74, 6) is 0.523. The van der Waals surface area contributed by atoms with Crippen molar-refractivity contribution in [1.29, 1.82) is 0 Å². The van der Waals surface area contributed by atoms with Crippen LogP contribution in [0, 0.1) is 16.0 Å². The van der Waals surface area contributed by atoms with E-state index in [0.29, 0.717) is 23.5 Å². The standard InChI is InChI=1S/C13H16N2O3/c1-9-3-2-4-11(9)14-12-6-5-10(8-16)7-13(12)15(17)18/h5-9,11,14H,2-4H2,1H3. The fraction of sp³-hybridized carbons (Fsp3) is 0.462. The molecule has 1 aromatic carbocycles. The van der Waals surface area contributed by atoms with E-state index in [9.17, 15) is 14.9 Å². The summed E-state index contributed by atoms with van der Waals surface area (Å²) in [6.45, 7) is 2.15. The molecule has 5 nitrogen and oxygen atoms in total. The molecule has 2 atom stereocenters. The molecule has 1 N–H and O–H groups in total. The lowest BCUT2D eigenvalue weighted by Gasteiger charge is -2.18. The number of nitro benzene ring substituents is 1. The molecule has 0 bridgehead atoms. The first-order valence-corrected chi connectivity index (χ1v) is 6.12. The number of hydrogen-bond acceptors (Lipinski definition) is 4. The van der Waals surface area contributed by atoms with E-state index in [4.69, 9.17) is 0 Å². The summed E-state index contributed by atoms with van der Waals surface area (Å²) in [4.78, 5) is 21.2. The maximum atomic E-state index is 11.0. The highest BCUT2D eigenvalue weighted by atomic mass is 16.6. The zero-order chi connectivity index (χ0) is 13.1. The number of nitrogens with one attached hydrogen (secondary N) is 1. The Kier molecular flexibility index (Phi) is 3.60. The number of hydrogen-bond donors (Lipinski definition) is 1. The van der Waals surface area contributed by atoms with E-state index < -0.39 is 4.92 Å². The van der Waals surface area contributed by atoms with Gasteiger partial charge >= 0.3 is 0 Å². The van der Waals surface area contributed by atoms with Crippen molar-refractivity contribution in [1.82, 2.24) is 0 Å². The minimum atomic E-state index is -0.449. The Hall–Kier alpha value is -1.91. The number of carbonyl (C=O) groups is 1. The Morgan fingerprint density at radius 1 is 1.44 bits per heavy atom. The predicted octanol–water partition coefficient (Wildman–Crippen LogP) is 3.01. The second kappa shape index (κ2) is 5.16. The lowest BCUT2D eigenvalue weighted by atomic mass is 10.1. The number of aldehydes is 1. The topological polar surface area (TPSA) is 72.2 Å². The Morgan fingerprint density at radius 3 is 2.78 bits per heavy atom. The number of rotatable bonds is 4. The van der Waals surface area contributed by atoms with E-state index in [2.05, 4.69) is 12.2 Å². The SMILES string of the molecule is CC1CCCC1Nc1ccc(C=O)cc1[N+](=O)[O-]. The third-order valence-corrected chi connectivity index (χ3v) is 3.56. The molecule has 1 aromatic rings. The molecule has 0 aliphatic heterocycles. The van der Waals surface area contributed by atoms with Crippen molar-refractivity contribution in [3.63, 3.8) is 0 Å². The van der Waals surface area contributed by atoms with Crippen molar-refractivity contribution in [2.45, 2.75) is 32.2 Å². The van der Waals surface area contributed by atoms with E-state index in [1.165, 1.54) is 6.07 Å². The molecule has 1 saturated carbocycles. The molecule has 0 aromatic heterocycles. The summed E-state index contributed by atoms with van der Waals surface area (Å²) < 4.78 is 0. The van der Waals surface area contributed by atoms with Gasteiger partial charge < -0.3 is 5.32 Å². The van der Waals surface area contributed by atoms with Crippen molar-refractivity contribution >= 4 is 17.7 Å². The van der Waals surface area contributed by atoms with Gasteiger partial charge in [-0.1, -0.05) is 13.3 Å². The molecule has 2 rings (SSSR count). The van der Waals surface area contributed by atoms with Gasteiger partial charge in [0.05, 0.1) is 4.92 Å². The maximum absolute atomic E-state index is 11.0. The zero-order valence-corrected chi connectivity index (χ0v) is 10.3. The number of nitro groups is 1. The molecule has 1 aliphatic carbocycles. The maximum Gasteiger partial charge on any atom is 0.293 e. The first-order chi connectivity index (χ1) is 8.61. The van der Waals surface area contributed by atoms with Gasteiger partial charge in [0.15, 0.2) is 0 Å². The highest BCUT2D eigenvalue weighted by Crippen LogP contribution is 2.32. The summed E-state index contributed by atoms with van der Waals surface area (Å²) in [6.07, 6.45) is 3.96. The molecule has 96 valence electrons. The Balaban J connectivity index is 2.26. The summed E-state index contributed by atoms with van der Waals surface area (Å²) in [6, 6.07) is 4.81. The van der Waals surface area contributed by atoms with E-state index >= 15 is 0 Å². The fourth-order valence-electron chi connectivity index (χ4n) is 2.45. The lowest BCUT2D eigenvalue weighted by Crippen LogP contribution is -2.22. The smallest absolute Gasteiger partial charge is 0.293 e. The normalized spacial score (nSPS) is 22.7. The molecule has 0 radical (unpaired) electrons. The summed E-state index contributed by atoms with van der Waals surface area (Å²) in [5, 5.41) is 14.2. The molecule has 5 heteroatoms. The molecule has 2 unspecified atom stereocenters.